The Morgan fingerprint density at radius 3 is 2.48 bits per heavy atom. The molecule has 0 bridgehead atoms. The Bertz CT molecular complexity index is 660. The fourth-order valence-electron chi connectivity index (χ4n) is 2.17. The van der Waals surface area contributed by atoms with Crippen molar-refractivity contribution in [2.24, 2.45) is 5.73 Å². The fourth-order valence-corrected chi connectivity index (χ4v) is 2.54. The lowest BCUT2D eigenvalue weighted by atomic mass is 10.1. The molecule has 2 N–H and O–H groups in total. The van der Waals surface area contributed by atoms with Crippen molar-refractivity contribution in [2.75, 3.05) is 7.05 Å². The first-order chi connectivity index (χ1) is 9.95. The van der Waals surface area contributed by atoms with Crippen LogP contribution >= 0.6 is 23.8 Å². The van der Waals surface area contributed by atoms with E-state index in [0.29, 0.717) is 12.1 Å². The molecule has 0 spiro atoms. The van der Waals surface area contributed by atoms with Crippen LogP contribution in [0.4, 0.5) is 4.39 Å². The molecule has 0 saturated carbocycles. The topological polar surface area (TPSA) is 29.3 Å². The Kier molecular flexibility index (Phi) is 5.28. The Morgan fingerprint density at radius 2 is 1.86 bits per heavy atom. The summed E-state index contributed by atoms with van der Waals surface area (Å²) in [6.07, 6.45) is 0. The summed E-state index contributed by atoms with van der Waals surface area (Å²) in [6, 6.07) is 12.6. The van der Waals surface area contributed by atoms with Gasteiger partial charge in [0, 0.05) is 23.7 Å². The number of halogens is 2. The first kappa shape index (κ1) is 15.9. The number of hydrogen-bond donors (Lipinski definition) is 1. The minimum Gasteiger partial charge on any atom is -0.389 e. The van der Waals surface area contributed by atoms with Gasteiger partial charge in [-0.05, 0) is 42.4 Å². The second-order valence-electron chi connectivity index (χ2n) is 4.98. The van der Waals surface area contributed by atoms with Gasteiger partial charge in [-0.1, -0.05) is 42.0 Å². The molecule has 5 heteroatoms. The average molecular weight is 323 g/mol. The Labute approximate surface area is 134 Å². The third kappa shape index (κ3) is 4.49. The molecule has 2 nitrogen and oxygen atoms in total. The Balaban J connectivity index is 2.07. The van der Waals surface area contributed by atoms with Crippen LogP contribution in [0.25, 0.3) is 0 Å². The Hall–Kier alpha value is -1.49. The van der Waals surface area contributed by atoms with E-state index >= 15 is 0 Å². The van der Waals surface area contributed by atoms with Gasteiger partial charge in [0.05, 0.1) is 0 Å². The van der Waals surface area contributed by atoms with E-state index in [1.165, 1.54) is 6.07 Å². The van der Waals surface area contributed by atoms with Crippen molar-refractivity contribution in [3.8, 4) is 0 Å². The van der Waals surface area contributed by atoms with Gasteiger partial charge >= 0.3 is 0 Å². The van der Waals surface area contributed by atoms with Gasteiger partial charge < -0.3 is 5.73 Å². The zero-order chi connectivity index (χ0) is 15.4. The molecule has 0 atom stereocenters. The summed E-state index contributed by atoms with van der Waals surface area (Å²) in [4.78, 5) is 2.19. The quantitative estimate of drug-likeness (QED) is 0.850. The van der Waals surface area contributed by atoms with Gasteiger partial charge in [0.15, 0.2) is 0 Å². The van der Waals surface area contributed by atoms with Gasteiger partial charge in [0.25, 0.3) is 0 Å². The van der Waals surface area contributed by atoms with Crippen LogP contribution < -0.4 is 5.73 Å². The zero-order valence-corrected chi connectivity index (χ0v) is 13.2. The summed E-state index contributed by atoms with van der Waals surface area (Å²) >= 11 is 10.8. The number of rotatable bonds is 5. The molecule has 2 aromatic carbocycles. The average Bonchev–Trinajstić information content (AvgIpc) is 2.40. The molecule has 0 fully saturated rings. The minimum absolute atomic E-state index is 0.0758. The highest BCUT2D eigenvalue weighted by Crippen LogP contribution is 2.15. The van der Waals surface area contributed by atoms with Gasteiger partial charge in [0.2, 0.25) is 0 Å². The summed E-state index contributed by atoms with van der Waals surface area (Å²) in [7, 11) is 1.99. The molecule has 0 saturated heterocycles. The van der Waals surface area contributed by atoms with Crippen molar-refractivity contribution in [1.82, 2.24) is 4.90 Å². The SMILES string of the molecule is CN(Cc1cccc(Cl)c1)Cc1ccc(F)c(C(N)=S)c1. The predicted molar refractivity (Wildman–Crippen MR) is 88.9 cm³/mol. The van der Waals surface area contributed by atoms with E-state index in [-0.39, 0.29) is 10.8 Å². The molecule has 2 aromatic rings. The molecular weight excluding hydrogens is 307 g/mol. The van der Waals surface area contributed by atoms with E-state index in [0.717, 1.165) is 22.7 Å². The van der Waals surface area contributed by atoms with Gasteiger partial charge in [0.1, 0.15) is 10.8 Å². The van der Waals surface area contributed by atoms with Crippen molar-refractivity contribution in [2.45, 2.75) is 13.1 Å². The minimum atomic E-state index is -0.385. The van der Waals surface area contributed by atoms with Crippen LogP contribution in [0.3, 0.4) is 0 Å². The number of nitrogens with zero attached hydrogens (tertiary/aromatic N) is 1. The highest BCUT2D eigenvalue weighted by molar-refractivity contribution is 7.80. The first-order valence-corrected chi connectivity index (χ1v) is 7.25. The lowest BCUT2D eigenvalue weighted by molar-refractivity contribution is 0.319. The van der Waals surface area contributed by atoms with Crippen LogP contribution in [0, 0.1) is 5.82 Å². The molecule has 0 aliphatic heterocycles. The fraction of sp³-hybridized carbons (Fsp3) is 0.188. The Morgan fingerprint density at radius 1 is 1.19 bits per heavy atom. The van der Waals surface area contributed by atoms with E-state index in [1.54, 1.807) is 12.1 Å². The van der Waals surface area contributed by atoms with Crippen molar-refractivity contribution in [1.29, 1.82) is 0 Å². The smallest absolute Gasteiger partial charge is 0.133 e. The van der Waals surface area contributed by atoms with E-state index in [4.69, 9.17) is 29.6 Å². The molecule has 21 heavy (non-hydrogen) atoms. The standard InChI is InChI=1S/C16H16ClFN2S/c1-20(9-11-3-2-4-13(17)7-11)10-12-5-6-15(18)14(8-12)16(19)21/h2-8H,9-10H2,1H3,(H2,19,21). The molecule has 0 aromatic heterocycles. The molecule has 0 amide bonds. The molecule has 0 aliphatic rings. The maximum Gasteiger partial charge on any atom is 0.133 e. The van der Waals surface area contributed by atoms with Crippen LogP contribution in [0.2, 0.25) is 5.02 Å². The van der Waals surface area contributed by atoms with Crippen molar-refractivity contribution in [3.63, 3.8) is 0 Å². The summed E-state index contributed by atoms with van der Waals surface area (Å²) in [5.74, 6) is -0.385. The van der Waals surface area contributed by atoms with Crippen LogP contribution in [-0.2, 0) is 13.1 Å². The van der Waals surface area contributed by atoms with Gasteiger partial charge in [-0.25, -0.2) is 4.39 Å². The second kappa shape index (κ2) is 6.98. The van der Waals surface area contributed by atoms with Crippen LogP contribution in [0.15, 0.2) is 42.5 Å². The number of hydrogen-bond acceptors (Lipinski definition) is 2. The second-order valence-corrected chi connectivity index (χ2v) is 5.86. The zero-order valence-electron chi connectivity index (χ0n) is 11.6. The number of nitrogens with two attached hydrogens (primary N) is 1. The largest absolute Gasteiger partial charge is 0.389 e. The van der Waals surface area contributed by atoms with Crippen molar-refractivity contribution in [3.05, 3.63) is 70.0 Å². The summed E-state index contributed by atoms with van der Waals surface area (Å²) in [5.41, 5.74) is 7.90. The summed E-state index contributed by atoms with van der Waals surface area (Å²) in [6.45, 7) is 1.42. The molecular formula is C16H16ClFN2S. The summed E-state index contributed by atoms with van der Waals surface area (Å²) in [5, 5.41) is 0.721. The molecule has 110 valence electrons. The van der Waals surface area contributed by atoms with E-state index in [1.807, 2.05) is 31.3 Å². The van der Waals surface area contributed by atoms with Crippen LogP contribution in [0.5, 0.6) is 0 Å². The molecule has 0 aliphatic carbocycles. The van der Waals surface area contributed by atoms with Crippen LogP contribution in [0.1, 0.15) is 16.7 Å². The van der Waals surface area contributed by atoms with Crippen LogP contribution in [-0.4, -0.2) is 16.9 Å². The first-order valence-electron chi connectivity index (χ1n) is 6.47. The molecule has 0 unspecified atom stereocenters. The van der Waals surface area contributed by atoms with Gasteiger partial charge in [-0.2, -0.15) is 0 Å². The maximum atomic E-state index is 13.6. The van der Waals surface area contributed by atoms with E-state index < -0.39 is 0 Å². The van der Waals surface area contributed by atoms with E-state index in [9.17, 15) is 4.39 Å². The maximum absolute atomic E-state index is 13.6. The summed E-state index contributed by atoms with van der Waals surface area (Å²) < 4.78 is 13.6. The van der Waals surface area contributed by atoms with Gasteiger partial charge in [-0.15, -0.1) is 0 Å². The third-order valence-electron chi connectivity index (χ3n) is 3.09. The highest BCUT2D eigenvalue weighted by Gasteiger charge is 2.08. The number of benzene rings is 2. The predicted octanol–water partition coefficient (Wildman–Crippen LogP) is 3.75. The molecule has 0 radical (unpaired) electrons. The lowest BCUT2D eigenvalue weighted by Gasteiger charge is -2.17. The van der Waals surface area contributed by atoms with Crippen molar-refractivity contribution < 1.29 is 4.39 Å². The molecule has 2 rings (SSSR count). The third-order valence-corrected chi connectivity index (χ3v) is 3.55. The van der Waals surface area contributed by atoms with Crippen molar-refractivity contribution >= 4 is 28.8 Å². The lowest BCUT2D eigenvalue weighted by Crippen LogP contribution is -2.18. The van der Waals surface area contributed by atoms with E-state index in [2.05, 4.69) is 4.90 Å². The number of thiocarbonyl (C=S) groups is 1. The highest BCUT2D eigenvalue weighted by atomic mass is 35.5. The normalized spacial score (nSPS) is 10.9. The van der Waals surface area contributed by atoms with Gasteiger partial charge in [-0.3, -0.25) is 4.90 Å². The monoisotopic (exact) mass is 322 g/mol. The molecule has 0 heterocycles.